The highest BCUT2D eigenvalue weighted by atomic mass is 19.1. The fourth-order valence-electron chi connectivity index (χ4n) is 3.60. The number of piperidine rings is 1. The number of nitrogen functional groups attached to an aromatic ring is 1. The lowest BCUT2D eigenvalue weighted by molar-refractivity contribution is 0.0930. The number of aromatic nitrogens is 3. The van der Waals surface area contributed by atoms with Gasteiger partial charge in [-0.3, -0.25) is 9.78 Å². The topological polar surface area (TPSA) is 97.0 Å². The number of nitrogens with two attached hydrogens (primary N) is 1. The molecule has 8 heteroatoms. The summed E-state index contributed by atoms with van der Waals surface area (Å²) in [5, 5.41) is 3.08. The molecule has 3 N–H and O–H groups in total. The zero-order valence-corrected chi connectivity index (χ0v) is 16.7. The van der Waals surface area contributed by atoms with Gasteiger partial charge < -0.3 is 16.0 Å². The molecule has 4 rings (SSSR count). The number of benzene rings is 1. The summed E-state index contributed by atoms with van der Waals surface area (Å²) in [6.45, 7) is 3.37. The summed E-state index contributed by atoms with van der Waals surface area (Å²) in [4.78, 5) is 27.6. The van der Waals surface area contributed by atoms with E-state index in [2.05, 4.69) is 25.2 Å². The average Bonchev–Trinajstić information content (AvgIpc) is 2.74. The van der Waals surface area contributed by atoms with E-state index in [0.29, 0.717) is 28.5 Å². The summed E-state index contributed by atoms with van der Waals surface area (Å²) >= 11 is 0. The van der Waals surface area contributed by atoms with Crippen molar-refractivity contribution in [1.29, 1.82) is 0 Å². The number of carbonyl (C=O) groups is 1. The molecule has 1 aliphatic heterocycles. The Kier molecular flexibility index (Phi) is 5.56. The molecular weight excluding hydrogens is 383 g/mol. The summed E-state index contributed by atoms with van der Waals surface area (Å²) in [5.74, 6) is 1.45. The Morgan fingerprint density at radius 3 is 2.63 bits per heavy atom. The Bertz CT molecular complexity index is 1030. The summed E-state index contributed by atoms with van der Waals surface area (Å²) in [6, 6.07) is 11.5. The van der Waals surface area contributed by atoms with Gasteiger partial charge in [0, 0.05) is 37.0 Å². The van der Waals surface area contributed by atoms with Gasteiger partial charge in [0.2, 0.25) is 0 Å². The van der Waals surface area contributed by atoms with Gasteiger partial charge in [-0.1, -0.05) is 12.1 Å². The standard InChI is InChI=1S/C22H23FN6O/c1-14-26-20(24)12-21(27-14)29-9-7-18(8-10-29)28-22(30)16-5-6-19(25-13-16)15-3-2-4-17(23)11-15/h2-6,11-13,18H,7-10H2,1H3,(H,28,30)(H2,24,26,27). The highest BCUT2D eigenvalue weighted by Crippen LogP contribution is 2.21. The highest BCUT2D eigenvalue weighted by molar-refractivity contribution is 5.94. The minimum atomic E-state index is -0.317. The van der Waals surface area contributed by atoms with E-state index < -0.39 is 0 Å². The number of anilines is 2. The summed E-state index contributed by atoms with van der Waals surface area (Å²) in [6.07, 6.45) is 3.14. The Morgan fingerprint density at radius 2 is 1.97 bits per heavy atom. The van der Waals surface area contributed by atoms with E-state index in [1.165, 1.54) is 18.3 Å². The second-order valence-electron chi connectivity index (χ2n) is 7.38. The van der Waals surface area contributed by atoms with Crippen LogP contribution in [0.25, 0.3) is 11.3 Å². The molecule has 0 spiro atoms. The number of nitrogens with zero attached hydrogens (tertiary/aromatic N) is 4. The predicted octanol–water partition coefficient (Wildman–Crippen LogP) is 2.97. The molecule has 3 aromatic rings. The van der Waals surface area contributed by atoms with Gasteiger partial charge in [-0.15, -0.1) is 0 Å². The fourth-order valence-corrected chi connectivity index (χ4v) is 3.60. The van der Waals surface area contributed by atoms with Crippen LogP contribution in [-0.4, -0.2) is 40.0 Å². The van der Waals surface area contributed by atoms with Crippen molar-refractivity contribution in [3.05, 3.63) is 65.9 Å². The van der Waals surface area contributed by atoms with E-state index in [4.69, 9.17) is 5.73 Å². The van der Waals surface area contributed by atoms with Crippen LogP contribution < -0.4 is 16.0 Å². The van der Waals surface area contributed by atoms with E-state index in [-0.39, 0.29) is 17.8 Å². The van der Waals surface area contributed by atoms with Crippen LogP contribution in [0, 0.1) is 12.7 Å². The number of nitrogens with one attached hydrogen (secondary N) is 1. The second kappa shape index (κ2) is 8.44. The van der Waals surface area contributed by atoms with Crippen molar-refractivity contribution in [3.63, 3.8) is 0 Å². The zero-order chi connectivity index (χ0) is 21.1. The third kappa shape index (κ3) is 4.53. The molecular formula is C22H23FN6O. The van der Waals surface area contributed by atoms with Crippen LogP contribution in [0.4, 0.5) is 16.0 Å². The van der Waals surface area contributed by atoms with Crippen molar-refractivity contribution in [2.24, 2.45) is 0 Å². The van der Waals surface area contributed by atoms with Gasteiger partial charge in [-0.2, -0.15) is 0 Å². The molecule has 30 heavy (non-hydrogen) atoms. The lowest BCUT2D eigenvalue weighted by Crippen LogP contribution is -2.45. The highest BCUT2D eigenvalue weighted by Gasteiger charge is 2.22. The maximum absolute atomic E-state index is 13.4. The Balaban J connectivity index is 1.34. The van der Waals surface area contributed by atoms with Crippen LogP contribution in [0.15, 0.2) is 48.7 Å². The van der Waals surface area contributed by atoms with E-state index >= 15 is 0 Å². The van der Waals surface area contributed by atoms with Crippen molar-refractivity contribution >= 4 is 17.5 Å². The lowest BCUT2D eigenvalue weighted by Gasteiger charge is -2.33. The number of carbonyl (C=O) groups excluding carboxylic acids is 1. The normalized spacial score (nSPS) is 14.5. The van der Waals surface area contributed by atoms with Crippen LogP contribution in [0.2, 0.25) is 0 Å². The fraction of sp³-hybridized carbons (Fsp3) is 0.273. The Hall–Kier alpha value is -3.55. The van der Waals surface area contributed by atoms with Crippen LogP contribution in [0.1, 0.15) is 29.0 Å². The van der Waals surface area contributed by atoms with Crippen LogP contribution in [0.3, 0.4) is 0 Å². The molecule has 0 unspecified atom stereocenters. The minimum absolute atomic E-state index is 0.0805. The first-order chi connectivity index (χ1) is 14.5. The Morgan fingerprint density at radius 1 is 1.17 bits per heavy atom. The summed E-state index contributed by atoms with van der Waals surface area (Å²) in [7, 11) is 0. The van der Waals surface area contributed by atoms with Crippen molar-refractivity contribution in [2.45, 2.75) is 25.8 Å². The summed E-state index contributed by atoms with van der Waals surface area (Å²) < 4.78 is 13.4. The molecule has 0 aliphatic carbocycles. The number of amides is 1. The van der Waals surface area contributed by atoms with E-state index in [1.807, 2.05) is 6.92 Å². The molecule has 2 aromatic heterocycles. The number of hydrogen-bond acceptors (Lipinski definition) is 6. The van der Waals surface area contributed by atoms with E-state index in [0.717, 1.165) is 31.7 Å². The van der Waals surface area contributed by atoms with Crippen molar-refractivity contribution < 1.29 is 9.18 Å². The van der Waals surface area contributed by atoms with Gasteiger partial charge in [0.15, 0.2) is 0 Å². The third-order valence-corrected chi connectivity index (χ3v) is 5.14. The largest absolute Gasteiger partial charge is 0.384 e. The van der Waals surface area contributed by atoms with Crippen molar-refractivity contribution in [1.82, 2.24) is 20.3 Å². The van der Waals surface area contributed by atoms with Gasteiger partial charge in [0.25, 0.3) is 5.91 Å². The second-order valence-corrected chi connectivity index (χ2v) is 7.38. The van der Waals surface area contributed by atoms with Gasteiger partial charge >= 0.3 is 0 Å². The molecule has 1 fully saturated rings. The van der Waals surface area contributed by atoms with Crippen LogP contribution in [-0.2, 0) is 0 Å². The maximum Gasteiger partial charge on any atom is 0.253 e. The molecule has 0 atom stereocenters. The maximum atomic E-state index is 13.4. The summed E-state index contributed by atoms with van der Waals surface area (Å²) in [5.41, 5.74) is 7.60. The molecule has 154 valence electrons. The molecule has 7 nitrogen and oxygen atoms in total. The number of halogens is 1. The Labute approximate surface area is 174 Å². The zero-order valence-electron chi connectivity index (χ0n) is 16.7. The monoisotopic (exact) mass is 406 g/mol. The van der Waals surface area contributed by atoms with Crippen molar-refractivity contribution in [3.8, 4) is 11.3 Å². The lowest BCUT2D eigenvalue weighted by atomic mass is 10.0. The number of pyridine rings is 1. The first-order valence-electron chi connectivity index (χ1n) is 9.87. The smallest absolute Gasteiger partial charge is 0.253 e. The molecule has 1 saturated heterocycles. The van der Waals surface area contributed by atoms with Gasteiger partial charge in [-0.25, -0.2) is 14.4 Å². The average molecular weight is 406 g/mol. The third-order valence-electron chi connectivity index (χ3n) is 5.14. The number of aryl methyl sites for hydroxylation is 1. The predicted molar refractivity (Wildman–Crippen MR) is 114 cm³/mol. The van der Waals surface area contributed by atoms with Crippen LogP contribution >= 0.6 is 0 Å². The molecule has 3 heterocycles. The van der Waals surface area contributed by atoms with E-state index in [9.17, 15) is 9.18 Å². The first kappa shape index (κ1) is 19.8. The SMILES string of the molecule is Cc1nc(N)cc(N2CCC(NC(=O)c3ccc(-c4cccc(F)c4)nc3)CC2)n1. The first-order valence-corrected chi connectivity index (χ1v) is 9.87. The molecule has 0 radical (unpaired) electrons. The quantitative estimate of drug-likeness (QED) is 0.691. The number of rotatable bonds is 4. The molecule has 0 saturated carbocycles. The van der Waals surface area contributed by atoms with Crippen molar-refractivity contribution in [2.75, 3.05) is 23.7 Å². The van der Waals surface area contributed by atoms with Crippen LogP contribution in [0.5, 0.6) is 0 Å². The van der Waals surface area contributed by atoms with Gasteiger partial charge in [0.1, 0.15) is 23.3 Å². The molecule has 0 bridgehead atoms. The molecule has 1 aliphatic rings. The van der Waals surface area contributed by atoms with Gasteiger partial charge in [-0.05, 0) is 44.0 Å². The van der Waals surface area contributed by atoms with E-state index in [1.54, 1.807) is 30.3 Å². The number of hydrogen-bond donors (Lipinski definition) is 2. The van der Waals surface area contributed by atoms with Gasteiger partial charge in [0.05, 0.1) is 11.3 Å². The molecule has 1 amide bonds. The molecule has 1 aromatic carbocycles. The minimum Gasteiger partial charge on any atom is -0.384 e.